The summed E-state index contributed by atoms with van der Waals surface area (Å²) in [6.45, 7) is 1.22. The van der Waals surface area contributed by atoms with Gasteiger partial charge in [-0.05, 0) is 23.8 Å². The number of hydrogen-bond donors (Lipinski definition) is 2. The van der Waals surface area contributed by atoms with Crippen molar-refractivity contribution in [1.29, 1.82) is 0 Å². The highest BCUT2D eigenvalue weighted by Crippen LogP contribution is 2.27. The zero-order valence-corrected chi connectivity index (χ0v) is 15.4. The Morgan fingerprint density at radius 3 is 2.50 bits per heavy atom. The van der Waals surface area contributed by atoms with Crippen LogP contribution >= 0.6 is 0 Å². The molecule has 0 heterocycles. The Labute approximate surface area is 153 Å². The molecule has 0 spiro atoms. The summed E-state index contributed by atoms with van der Waals surface area (Å²) in [5.74, 6) is 0.616. The maximum absolute atomic E-state index is 12.1. The first-order valence-corrected chi connectivity index (χ1v) is 8.42. The maximum atomic E-state index is 12.1. The molecular weight excluding hydrogens is 332 g/mol. The van der Waals surface area contributed by atoms with Crippen molar-refractivity contribution in [3.8, 4) is 11.5 Å². The lowest BCUT2D eigenvalue weighted by Crippen LogP contribution is -3.04. The maximum Gasteiger partial charge on any atom is 0.258 e. The quantitative estimate of drug-likeness (QED) is 0.653. The molecule has 6 heteroatoms. The molecule has 138 valence electrons. The molecule has 0 unspecified atom stereocenters. The average molecular weight is 357 g/mol. The van der Waals surface area contributed by atoms with Crippen LogP contribution in [0.5, 0.6) is 11.5 Å². The van der Waals surface area contributed by atoms with E-state index in [1.807, 2.05) is 18.2 Å². The van der Waals surface area contributed by atoms with Gasteiger partial charge in [0.15, 0.2) is 18.1 Å². The molecule has 0 aliphatic heterocycles. The van der Waals surface area contributed by atoms with Gasteiger partial charge in [0.25, 0.3) is 5.91 Å². The molecule has 26 heavy (non-hydrogen) atoms. The SMILES string of the molecule is COc1cc(C=O)ccc1OCC(=O)NCc1ccccc1C[NH+](C)C. The van der Waals surface area contributed by atoms with Crippen LogP contribution in [0.15, 0.2) is 42.5 Å². The summed E-state index contributed by atoms with van der Waals surface area (Å²) >= 11 is 0. The monoisotopic (exact) mass is 357 g/mol. The van der Waals surface area contributed by atoms with Gasteiger partial charge in [-0.15, -0.1) is 0 Å². The van der Waals surface area contributed by atoms with Crippen LogP contribution in [0.25, 0.3) is 0 Å². The molecular formula is C20H25N2O4+. The van der Waals surface area contributed by atoms with Crippen LogP contribution in [0.3, 0.4) is 0 Å². The van der Waals surface area contributed by atoms with Gasteiger partial charge in [-0.1, -0.05) is 24.3 Å². The van der Waals surface area contributed by atoms with Gasteiger partial charge in [-0.2, -0.15) is 0 Å². The van der Waals surface area contributed by atoms with Crippen molar-refractivity contribution in [2.24, 2.45) is 0 Å². The number of amides is 1. The van der Waals surface area contributed by atoms with Gasteiger partial charge in [-0.3, -0.25) is 9.59 Å². The highest BCUT2D eigenvalue weighted by molar-refractivity contribution is 5.78. The molecule has 0 aliphatic rings. The molecule has 0 aliphatic carbocycles. The van der Waals surface area contributed by atoms with Crippen LogP contribution in [0.2, 0.25) is 0 Å². The van der Waals surface area contributed by atoms with Gasteiger partial charge in [-0.25, -0.2) is 0 Å². The molecule has 6 nitrogen and oxygen atoms in total. The van der Waals surface area contributed by atoms with Crippen molar-refractivity contribution >= 4 is 12.2 Å². The number of nitrogens with one attached hydrogen (secondary N) is 2. The Hall–Kier alpha value is -2.86. The fourth-order valence-electron chi connectivity index (χ4n) is 2.55. The largest absolute Gasteiger partial charge is 0.493 e. The normalized spacial score (nSPS) is 10.5. The number of carbonyl (C=O) groups excluding carboxylic acids is 2. The summed E-state index contributed by atoms with van der Waals surface area (Å²) in [7, 11) is 5.67. The molecule has 2 rings (SSSR count). The lowest BCUT2D eigenvalue weighted by Gasteiger charge is -2.14. The molecule has 2 aromatic rings. The van der Waals surface area contributed by atoms with Crippen molar-refractivity contribution in [1.82, 2.24) is 5.32 Å². The third-order valence-corrected chi connectivity index (χ3v) is 3.82. The number of carbonyl (C=O) groups is 2. The molecule has 0 saturated carbocycles. The molecule has 2 aromatic carbocycles. The van der Waals surface area contributed by atoms with E-state index in [4.69, 9.17) is 9.47 Å². The first-order valence-electron chi connectivity index (χ1n) is 8.42. The first-order chi connectivity index (χ1) is 12.5. The van der Waals surface area contributed by atoms with E-state index < -0.39 is 0 Å². The third-order valence-electron chi connectivity index (χ3n) is 3.82. The molecule has 0 radical (unpaired) electrons. The van der Waals surface area contributed by atoms with E-state index >= 15 is 0 Å². The van der Waals surface area contributed by atoms with E-state index in [0.717, 1.165) is 18.4 Å². The molecule has 1 amide bonds. The Kier molecular flexibility index (Phi) is 7.17. The minimum atomic E-state index is -0.224. The van der Waals surface area contributed by atoms with E-state index in [1.54, 1.807) is 18.2 Å². The second kappa shape index (κ2) is 9.58. The van der Waals surface area contributed by atoms with Crippen LogP contribution in [-0.2, 0) is 17.9 Å². The van der Waals surface area contributed by atoms with E-state index in [2.05, 4.69) is 25.5 Å². The number of quaternary nitrogens is 1. The lowest BCUT2D eigenvalue weighted by molar-refractivity contribution is -0.872. The van der Waals surface area contributed by atoms with Gasteiger partial charge in [0.2, 0.25) is 0 Å². The lowest BCUT2D eigenvalue weighted by atomic mass is 10.1. The van der Waals surface area contributed by atoms with Crippen LogP contribution < -0.4 is 19.7 Å². The number of ether oxygens (including phenoxy) is 2. The molecule has 0 saturated heterocycles. The molecule has 0 atom stereocenters. The Morgan fingerprint density at radius 1 is 1.12 bits per heavy atom. The fourth-order valence-corrected chi connectivity index (χ4v) is 2.55. The zero-order chi connectivity index (χ0) is 18.9. The molecule has 2 N–H and O–H groups in total. The highest BCUT2D eigenvalue weighted by atomic mass is 16.5. The Bertz CT molecular complexity index is 759. The summed E-state index contributed by atoms with van der Waals surface area (Å²) in [6.07, 6.45) is 0.728. The topological polar surface area (TPSA) is 69.1 Å². The molecule has 0 aromatic heterocycles. The fraction of sp³-hybridized carbons (Fsp3) is 0.300. The van der Waals surface area contributed by atoms with Gasteiger partial charge >= 0.3 is 0 Å². The van der Waals surface area contributed by atoms with E-state index in [9.17, 15) is 9.59 Å². The van der Waals surface area contributed by atoms with Crippen molar-refractivity contribution in [3.05, 3.63) is 59.2 Å². The van der Waals surface area contributed by atoms with E-state index in [0.29, 0.717) is 23.6 Å². The summed E-state index contributed by atoms with van der Waals surface area (Å²) in [4.78, 5) is 24.2. The van der Waals surface area contributed by atoms with Crippen molar-refractivity contribution < 1.29 is 24.0 Å². The summed E-state index contributed by atoms with van der Waals surface area (Å²) in [5.41, 5.74) is 2.79. The highest BCUT2D eigenvalue weighted by Gasteiger charge is 2.10. The second-order valence-electron chi connectivity index (χ2n) is 6.25. The van der Waals surface area contributed by atoms with Gasteiger partial charge < -0.3 is 19.7 Å². The van der Waals surface area contributed by atoms with Crippen LogP contribution in [0.1, 0.15) is 21.5 Å². The van der Waals surface area contributed by atoms with Crippen LogP contribution in [0.4, 0.5) is 0 Å². The third kappa shape index (κ3) is 5.60. The Morgan fingerprint density at radius 2 is 1.85 bits per heavy atom. The first kappa shape index (κ1) is 19.5. The predicted octanol–water partition coefficient (Wildman–Crippen LogP) is 0.847. The summed E-state index contributed by atoms with van der Waals surface area (Å²) in [6, 6.07) is 12.9. The number of hydrogen-bond acceptors (Lipinski definition) is 4. The molecule has 0 fully saturated rings. The van der Waals surface area contributed by atoms with Gasteiger partial charge in [0.05, 0.1) is 21.2 Å². The van der Waals surface area contributed by atoms with Crippen molar-refractivity contribution in [2.75, 3.05) is 27.8 Å². The van der Waals surface area contributed by atoms with E-state index in [1.165, 1.54) is 17.6 Å². The van der Waals surface area contributed by atoms with Gasteiger partial charge in [0, 0.05) is 17.7 Å². The summed E-state index contributed by atoms with van der Waals surface area (Å²) in [5, 5.41) is 2.87. The summed E-state index contributed by atoms with van der Waals surface area (Å²) < 4.78 is 10.7. The molecule has 0 bridgehead atoms. The average Bonchev–Trinajstić information content (AvgIpc) is 2.65. The minimum absolute atomic E-state index is 0.127. The second-order valence-corrected chi connectivity index (χ2v) is 6.25. The van der Waals surface area contributed by atoms with Crippen LogP contribution in [-0.4, -0.2) is 40.0 Å². The van der Waals surface area contributed by atoms with E-state index in [-0.39, 0.29) is 12.5 Å². The van der Waals surface area contributed by atoms with Crippen molar-refractivity contribution in [2.45, 2.75) is 13.1 Å². The number of rotatable bonds is 9. The van der Waals surface area contributed by atoms with Gasteiger partial charge in [0.1, 0.15) is 12.8 Å². The minimum Gasteiger partial charge on any atom is -0.493 e. The standard InChI is InChI=1S/C20H24N2O4/c1-22(2)12-17-7-5-4-6-16(17)11-21-20(24)14-26-18-9-8-15(13-23)10-19(18)25-3/h4-10,13H,11-12,14H2,1-3H3,(H,21,24)/p+1. The number of methoxy groups -OCH3 is 1. The van der Waals surface area contributed by atoms with Crippen molar-refractivity contribution in [3.63, 3.8) is 0 Å². The number of benzene rings is 2. The van der Waals surface area contributed by atoms with Crippen LogP contribution in [0, 0.1) is 0 Å². The smallest absolute Gasteiger partial charge is 0.258 e. The predicted molar refractivity (Wildman–Crippen MR) is 98.7 cm³/mol. The Balaban J connectivity index is 1.91. The zero-order valence-electron chi connectivity index (χ0n) is 15.4. The number of aldehydes is 1.